The molecule has 0 radical (unpaired) electrons. The summed E-state index contributed by atoms with van der Waals surface area (Å²) in [6.45, 7) is 9.02. The highest BCUT2D eigenvalue weighted by molar-refractivity contribution is 4.38. The molecule has 0 aromatic rings. The molecule has 0 aliphatic heterocycles. The van der Waals surface area contributed by atoms with Crippen LogP contribution in [0, 0.1) is 5.92 Å². The van der Waals surface area contributed by atoms with E-state index in [0.29, 0.717) is 25.7 Å². The van der Waals surface area contributed by atoms with Crippen molar-refractivity contribution in [3.8, 4) is 0 Å². The minimum Gasteiger partial charge on any atom is -0.396 e. The van der Waals surface area contributed by atoms with Crippen molar-refractivity contribution in [3.05, 3.63) is 0 Å². The van der Waals surface area contributed by atoms with E-state index in [1.165, 1.54) is 0 Å². The Morgan fingerprint density at radius 3 is 1.07 bits per heavy atom. The van der Waals surface area contributed by atoms with E-state index in [2.05, 4.69) is 13.8 Å². The molecule has 3 N–H and O–H groups in total. The van der Waals surface area contributed by atoms with Crippen molar-refractivity contribution in [1.29, 1.82) is 0 Å². The van der Waals surface area contributed by atoms with Gasteiger partial charge in [-0.1, -0.05) is 27.7 Å². The third kappa shape index (κ3) is 59.1. The largest absolute Gasteiger partial charge is 0.396 e. The predicted molar refractivity (Wildman–Crippen MR) is 61.3 cm³/mol. The lowest BCUT2D eigenvalue weighted by atomic mass is 10.2. The SMILES string of the molecule is CC(C)CCO.CCCO.CCCO. The first-order valence-electron chi connectivity index (χ1n) is 5.43. The molecule has 3 heteroatoms. The Balaban J connectivity index is -0.000000135. The van der Waals surface area contributed by atoms with Crippen LogP contribution in [-0.2, 0) is 0 Å². The first kappa shape index (κ1) is 19.5. The van der Waals surface area contributed by atoms with Crippen molar-refractivity contribution in [2.75, 3.05) is 19.8 Å². The van der Waals surface area contributed by atoms with Gasteiger partial charge in [0.2, 0.25) is 0 Å². The highest BCUT2D eigenvalue weighted by Gasteiger charge is 1.86. The lowest BCUT2D eigenvalue weighted by Crippen LogP contribution is -1.89. The van der Waals surface area contributed by atoms with E-state index in [0.717, 1.165) is 19.3 Å². The van der Waals surface area contributed by atoms with Gasteiger partial charge in [0, 0.05) is 19.8 Å². The fraction of sp³-hybridized carbons (Fsp3) is 1.00. The molecule has 0 amide bonds. The Kier molecular flexibility index (Phi) is 32.0. The average molecular weight is 208 g/mol. The van der Waals surface area contributed by atoms with Crippen LogP contribution in [0.2, 0.25) is 0 Å². The van der Waals surface area contributed by atoms with Gasteiger partial charge in [-0.15, -0.1) is 0 Å². The number of rotatable bonds is 4. The van der Waals surface area contributed by atoms with Gasteiger partial charge in [-0.2, -0.15) is 0 Å². The molecule has 0 rings (SSSR count). The molecule has 0 atom stereocenters. The minimum absolute atomic E-state index is 0.319. The smallest absolute Gasteiger partial charge is 0.0433 e. The van der Waals surface area contributed by atoms with Crippen molar-refractivity contribution >= 4 is 0 Å². The van der Waals surface area contributed by atoms with Gasteiger partial charge in [0.25, 0.3) is 0 Å². The zero-order valence-corrected chi connectivity index (χ0v) is 10.2. The number of hydrogen-bond acceptors (Lipinski definition) is 3. The number of hydrogen-bond donors (Lipinski definition) is 3. The number of aliphatic hydroxyl groups excluding tert-OH is 3. The second kappa shape index (κ2) is 23.1. The third-order valence-electron chi connectivity index (χ3n) is 1.15. The van der Waals surface area contributed by atoms with Crippen LogP contribution in [0.3, 0.4) is 0 Å². The zero-order chi connectivity index (χ0) is 11.8. The second-order valence-corrected chi connectivity index (χ2v) is 3.35. The molecular weight excluding hydrogens is 180 g/mol. The third-order valence-corrected chi connectivity index (χ3v) is 1.15. The maximum atomic E-state index is 8.24. The lowest BCUT2D eigenvalue weighted by molar-refractivity contribution is 0.268. The summed E-state index contributed by atoms with van der Waals surface area (Å²) < 4.78 is 0. The van der Waals surface area contributed by atoms with Gasteiger partial charge in [-0.05, 0) is 25.2 Å². The van der Waals surface area contributed by atoms with Gasteiger partial charge in [0.15, 0.2) is 0 Å². The molecule has 0 aliphatic carbocycles. The standard InChI is InChI=1S/C5H12O.2C3H8O/c1-5(2)3-4-6;2*1-2-3-4/h5-6H,3-4H2,1-2H3;2*4H,2-3H2,1H3. The normalized spacial score (nSPS) is 8.57. The predicted octanol–water partition coefficient (Wildman–Crippen LogP) is 1.80. The van der Waals surface area contributed by atoms with Crippen molar-refractivity contribution in [2.24, 2.45) is 5.92 Å². The quantitative estimate of drug-likeness (QED) is 0.660. The summed E-state index contributed by atoms with van der Waals surface area (Å²) in [5, 5.41) is 24.0. The van der Waals surface area contributed by atoms with Gasteiger partial charge in [-0.25, -0.2) is 0 Å². The minimum atomic E-state index is 0.319. The van der Waals surface area contributed by atoms with Crippen LogP contribution in [0.25, 0.3) is 0 Å². The van der Waals surface area contributed by atoms with Crippen molar-refractivity contribution in [2.45, 2.75) is 47.0 Å². The van der Waals surface area contributed by atoms with Gasteiger partial charge >= 0.3 is 0 Å². The molecule has 3 nitrogen and oxygen atoms in total. The first-order chi connectivity index (χ1) is 6.60. The molecule has 14 heavy (non-hydrogen) atoms. The first-order valence-corrected chi connectivity index (χ1v) is 5.43. The molecule has 0 aliphatic rings. The van der Waals surface area contributed by atoms with E-state index in [-0.39, 0.29) is 0 Å². The lowest BCUT2D eigenvalue weighted by Gasteiger charge is -1.95. The van der Waals surface area contributed by atoms with Crippen LogP contribution in [-0.4, -0.2) is 35.1 Å². The van der Waals surface area contributed by atoms with Crippen LogP contribution in [0.15, 0.2) is 0 Å². The summed E-state index contributed by atoms with van der Waals surface area (Å²) >= 11 is 0. The Labute approximate surface area is 88.8 Å². The maximum Gasteiger partial charge on any atom is 0.0433 e. The van der Waals surface area contributed by atoms with Crippen molar-refractivity contribution < 1.29 is 15.3 Å². The molecule has 0 bridgehead atoms. The topological polar surface area (TPSA) is 60.7 Å². The Morgan fingerprint density at radius 1 is 0.786 bits per heavy atom. The Morgan fingerprint density at radius 2 is 1.07 bits per heavy atom. The Bertz CT molecular complexity index is 57.6. The summed E-state index contributed by atoms with van der Waals surface area (Å²) in [7, 11) is 0. The van der Waals surface area contributed by atoms with Gasteiger partial charge in [-0.3, -0.25) is 0 Å². The summed E-state index contributed by atoms with van der Waals surface area (Å²) in [6.07, 6.45) is 2.68. The van der Waals surface area contributed by atoms with E-state index in [9.17, 15) is 0 Å². The van der Waals surface area contributed by atoms with E-state index in [4.69, 9.17) is 15.3 Å². The molecule has 0 spiro atoms. The molecule has 0 unspecified atom stereocenters. The summed E-state index contributed by atoms with van der Waals surface area (Å²) in [5.41, 5.74) is 0. The van der Waals surface area contributed by atoms with Crippen LogP contribution in [0.4, 0.5) is 0 Å². The van der Waals surface area contributed by atoms with Crippen LogP contribution in [0.5, 0.6) is 0 Å². The van der Waals surface area contributed by atoms with E-state index >= 15 is 0 Å². The van der Waals surface area contributed by atoms with Crippen molar-refractivity contribution in [1.82, 2.24) is 0 Å². The second-order valence-electron chi connectivity index (χ2n) is 3.35. The van der Waals surface area contributed by atoms with E-state index in [1.807, 2.05) is 13.8 Å². The van der Waals surface area contributed by atoms with Gasteiger partial charge in [0.05, 0.1) is 0 Å². The molecule has 90 valence electrons. The molecule has 0 aromatic heterocycles. The molecule has 0 aromatic carbocycles. The monoisotopic (exact) mass is 208 g/mol. The summed E-state index contributed by atoms with van der Waals surface area (Å²) in [4.78, 5) is 0. The zero-order valence-electron chi connectivity index (χ0n) is 10.2. The fourth-order valence-corrected chi connectivity index (χ4v) is 0.258. The Hall–Kier alpha value is -0.120. The number of aliphatic hydroxyl groups is 3. The summed E-state index contributed by atoms with van der Waals surface area (Å²) in [6, 6.07) is 0. The van der Waals surface area contributed by atoms with E-state index < -0.39 is 0 Å². The average Bonchev–Trinajstić information content (AvgIpc) is 2.18. The molecule has 0 saturated heterocycles. The maximum absolute atomic E-state index is 8.24. The van der Waals surface area contributed by atoms with E-state index in [1.54, 1.807) is 0 Å². The summed E-state index contributed by atoms with van der Waals surface area (Å²) in [5.74, 6) is 0.648. The van der Waals surface area contributed by atoms with Crippen LogP contribution >= 0.6 is 0 Å². The van der Waals surface area contributed by atoms with Crippen LogP contribution < -0.4 is 0 Å². The highest BCUT2D eigenvalue weighted by Crippen LogP contribution is 1.94. The molecule has 0 heterocycles. The molecule has 0 fully saturated rings. The van der Waals surface area contributed by atoms with Gasteiger partial charge < -0.3 is 15.3 Å². The fourth-order valence-electron chi connectivity index (χ4n) is 0.258. The van der Waals surface area contributed by atoms with Crippen molar-refractivity contribution in [3.63, 3.8) is 0 Å². The van der Waals surface area contributed by atoms with Gasteiger partial charge in [0.1, 0.15) is 0 Å². The molecule has 0 saturated carbocycles. The van der Waals surface area contributed by atoms with Crippen LogP contribution in [0.1, 0.15) is 47.0 Å². The molecular formula is C11H28O3. The highest BCUT2D eigenvalue weighted by atomic mass is 16.3.